The molecule has 122 valence electrons. The van der Waals surface area contributed by atoms with Crippen LogP contribution in [0.1, 0.15) is 0 Å². The van der Waals surface area contributed by atoms with Crippen LogP contribution in [0.2, 0.25) is 0 Å². The van der Waals surface area contributed by atoms with Crippen molar-refractivity contribution >= 4 is 10.9 Å². The fraction of sp³-hybridized carbons (Fsp3) is 0.100. The Kier molecular flexibility index (Phi) is 4.96. The van der Waals surface area contributed by atoms with Crippen LogP contribution in [0.25, 0.3) is 0 Å². The number of rotatable bonds is 5. The van der Waals surface area contributed by atoms with Crippen LogP contribution in [0.4, 0.5) is 0 Å². The molecular weight excluding hydrogens is 320 g/mol. The number of phenolic OH excluding ortho intramolecular Hbond substituents is 1. The molecule has 0 radical (unpaired) electrons. The Morgan fingerprint density at radius 1 is 0.667 bits per heavy atom. The fourth-order valence-corrected chi connectivity index (χ4v) is 4.64. The molecule has 0 fully saturated rings. The predicted molar refractivity (Wildman–Crippen MR) is 96.3 cm³/mol. The van der Waals surface area contributed by atoms with Crippen LogP contribution in [0, 0.1) is 0 Å². The van der Waals surface area contributed by atoms with E-state index in [-0.39, 0.29) is 16.6 Å². The highest BCUT2D eigenvalue weighted by Crippen LogP contribution is 2.35. The van der Waals surface area contributed by atoms with Gasteiger partial charge in [-0.25, -0.2) is 0 Å². The van der Waals surface area contributed by atoms with Gasteiger partial charge < -0.3 is 14.6 Å². The van der Waals surface area contributed by atoms with Crippen molar-refractivity contribution < 1.29 is 14.6 Å². The summed E-state index contributed by atoms with van der Waals surface area (Å²) in [6.45, 7) is 0. The standard InChI is InChI=1S/C20H18O3S/c1-22-16-7-4-10-19(13-16)24(18-9-3-6-15(21)12-18)20-11-5-8-17(14-20)23-2/h3-14H,1-2H3/p+1. The molecule has 0 aliphatic carbocycles. The van der Waals surface area contributed by atoms with Crippen molar-refractivity contribution in [2.24, 2.45) is 0 Å². The largest absolute Gasteiger partial charge is 0.508 e. The van der Waals surface area contributed by atoms with Crippen LogP contribution in [-0.2, 0) is 10.9 Å². The fourth-order valence-electron chi connectivity index (χ4n) is 2.48. The molecule has 0 aliphatic heterocycles. The van der Waals surface area contributed by atoms with Crippen molar-refractivity contribution in [1.29, 1.82) is 0 Å². The molecule has 0 aromatic heterocycles. The van der Waals surface area contributed by atoms with Gasteiger partial charge in [0, 0.05) is 18.2 Å². The minimum Gasteiger partial charge on any atom is -0.508 e. The molecule has 0 atom stereocenters. The van der Waals surface area contributed by atoms with Crippen molar-refractivity contribution in [3.05, 3.63) is 72.8 Å². The summed E-state index contributed by atoms with van der Waals surface area (Å²) in [5, 5.41) is 9.91. The zero-order chi connectivity index (χ0) is 16.9. The SMILES string of the molecule is COc1cccc([S+](c2cccc(O)c2)c2cccc(OC)c2)c1. The Morgan fingerprint density at radius 2 is 1.12 bits per heavy atom. The quantitative estimate of drug-likeness (QED) is 0.695. The lowest BCUT2D eigenvalue weighted by molar-refractivity contribution is 0.413. The number of aromatic hydroxyl groups is 1. The van der Waals surface area contributed by atoms with Crippen LogP contribution < -0.4 is 9.47 Å². The molecule has 3 nitrogen and oxygen atoms in total. The van der Waals surface area contributed by atoms with E-state index in [0.717, 1.165) is 26.2 Å². The van der Waals surface area contributed by atoms with Gasteiger partial charge in [-0.05, 0) is 36.4 Å². The Bertz CT molecular complexity index is 785. The van der Waals surface area contributed by atoms with Gasteiger partial charge in [0.1, 0.15) is 17.2 Å². The average Bonchev–Trinajstić information content (AvgIpc) is 2.62. The van der Waals surface area contributed by atoms with Crippen LogP contribution in [0.15, 0.2) is 87.5 Å². The first-order valence-corrected chi connectivity index (χ1v) is 8.75. The Hall–Kier alpha value is -2.59. The molecule has 3 aromatic rings. The summed E-state index contributed by atoms with van der Waals surface area (Å²) >= 11 is 0. The molecule has 0 saturated heterocycles. The minimum atomic E-state index is -0.369. The van der Waals surface area contributed by atoms with E-state index < -0.39 is 0 Å². The van der Waals surface area contributed by atoms with Gasteiger partial charge in [0.25, 0.3) is 0 Å². The van der Waals surface area contributed by atoms with Crippen LogP contribution in [-0.4, -0.2) is 19.3 Å². The molecule has 1 N–H and O–H groups in total. The van der Waals surface area contributed by atoms with E-state index in [9.17, 15) is 5.11 Å². The molecule has 0 amide bonds. The maximum Gasteiger partial charge on any atom is 0.170 e. The van der Waals surface area contributed by atoms with Gasteiger partial charge in [-0.1, -0.05) is 18.2 Å². The third-order valence-corrected chi connectivity index (χ3v) is 5.78. The van der Waals surface area contributed by atoms with Crippen molar-refractivity contribution in [3.63, 3.8) is 0 Å². The second kappa shape index (κ2) is 7.32. The van der Waals surface area contributed by atoms with E-state index in [0.29, 0.717) is 0 Å². The highest BCUT2D eigenvalue weighted by Gasteiger charge is 2.30. The first kappa shape index (κ1) is 16.3. The van der Waals surface area contributed by atoms with Gasteiger partial charge >= 0.3 is 0 Å². The Labute approximate surface area is 144 Å². The highest BCUT2D eigenvalue weighted by molar-refractivity contribution is 7.97. The molecule has 3 aromatic carbocycles. The molecule has 0 spiro atoms. The smallest absolute Gasteiger partial charge is 0.170 e. The Balaban J connectivity index is 2.16. The molecule has 24 heavy (non-hydrogen) atoms. The normalized spacial score (nSPS) is 10.6. The summed E-state index contributed by atoms with van der Waals surface area (Å²) in [5.74, 6) is 1.89. The summed E-state index contributed by atoms with van der Waals surface area (Å²) in [4.78, 5) is 3.28. The summed E-state index contributed by atoms with van der Waals surface area (Å²) in [6.07, 6.45) is 0. The molecule has 4 heteroatoms. The molecule has 3 rings (SSSR count). The summed E-state index contributed by atoms with van der Waals surface area (Å²) in [6, 6.07) is 23.4. The third-order valence-electron chi connectivity index (χ3n) is 3.61. The van der Waals surface area contributed by atoms with E-state index in [1.807, 2.05) is 54.6 Å². The number of ether oxygens (including phenoxy) is 2. The van der Waals surface area contributed by atoms with Crippen LogP contribution in [0.3, 0.4) is 0 Å². The Morgan fingerprint density at radius 3 is 1.58 bits per heavy atom. The van der Waals surface area contributed by atoms with E-state index in [2.05, 4.69) is 12.1 Å². The maximum atomic E-state index is 9.91. The van der Waals surface area contributed by atoms with Crippen molar-refractivity contribution in [1.82, 2.24) is 0 Å². The highest BCUT2D eigenvalue weighted by atomic mass is 32.2. The van der Waals surface area contributed by atoms with E-state index >= 15 is 0 Å². The number of hydrogen-bond donors (Lipinski definition) is 1. The van der Waals surface area contributed by atoms with E-state index in [1.165, 1.54) is 0 Å². The first-order chi connectivity index (χ1) is 11.7. The molecule has 0 unspecified atom stereocenters. The zero-order valence-corrected chi connectivity index (χ0v) is 14.4. The summed E-state index contributed by atoms with van der Waals surface area (Å²) < 4.78 is 10.8. The van der Waals surface area contributed by atoms with Crippen LogP contribution >= 0.6 is 0 Å². The van der Waals surface area contributed by atoms with E-state index in [1.54, 1.807) is 20.3 Å². The van der Waals surface area contributed by atoms with Gasteiger partial charge in [0.05, 0.1) is 25.1 Å². The summed E-state index contributed by atoms with van der Waals surface area (Å²) in [5.41, 5.74) is 0. The molecule has 0 aliphatic rings. The second-order valence-electron chi connectivity index (χ2n) is 5.16. The maximum absolute atomic E-state index is 9.91. The van der Waals surface area contributed by atoms with Gasteiger partial charge in [-0.2, -0.15) is 0 Å². The zero-order valence-electron chi connectivity index (χ0n) is 13.6. The lowest BCUT2D eigenvalue weighted by Crippen LogP contribution is -2.05. The molecule has 0 bridgehead atoms. The molecule has 0 saturated carbocycles. The molecule has 0 heterocycles. The second-order valence-corrected chi connectivity index (χ2v) is 7.19. The lowest BCUT2D eigenvalue weighted by atomic mass is 10.3. The number of hydrogen-bond acceptors (Lipinski definition) is 3. The number of phenols is 1. The van der Waals surface area contributed by atoms with E-state index in [4.69, 9.17) is 9.47 Å². The summed E-state index contributed by atoms with van der Waals surface area (Å²) in [7, 11) is 2.96. The first-order valence-electron chi connectivity index (χ1n) is 7.52. The monoisotopic (exact) mass is 339 g/mol. The van der Waals surface area contributed by atoms with Gasteiger partial charge in [0.2, 0.25) is 0 Å². The molecular formula is C20H19O3S+. The van der Waals surface area contributed by atoms with Gasteiger partial charge in [-0.3, -0.25) is 0 Å². The predicted octanol–water partition coefficient (Wildman–Crippen LogP) is 4.50. The third kappa shape index (κ3) is 3.49. The van der Waals surface area contributed by atoms with Crippen molar-refractivity contribution in [2.45, 2.75) is 14.7 Å². The number of benzene rings is 3. The minimum absolute atomic E-state index is 0.260. The van der Waals surface area contributed by atoms with Crippen molar-refractivity contribution in [3.8, 4) is 17.2 Å². The lowest BCUT2D eigenvalue weighted by Gasteiger charge is -2.10. The van der Waals surface area contributed by atoms with Crippen LogP contribution in [0.5, 0.6) is 17.2 Å². The van der Waals surface area contributed by atoms with Crippen molar-refractivity contribution in [2.75, 3.05) is 14.2 Å². The topological polar surface area (TPSA) is 38.7 Å². The van der Waals surface area contributed by atoms with Gasteiger partial charge in [-0.15, -0.1) is 0 Å². The average molecular weight is 339 g/mol. The number of methoxy groups -OCH3 is 2. The van der Waals surface area contributed by atoms with Gasteiger partial charge in [0.15, 0.2) is 14.7 Å².